The highest BCUT2D eigenvalue weighted by atomic mass is 79.9. The van der Waals surface area contributed by atoms with Crippen LogP contribution in [0.15, 0.2) is 272 Å². The van der Waals surface area contributed by atoms with Crippen LogP contribution < -0.4 is 10.2 Å². The number of H-pyrrole nitrogens is 3. The van der Waals surface area contributed by atoms with Crippen molar-refractivity contribution in [3.8, 4) is 40.2 Å². The number of aryl methyl sites for hydroxylation is 2. The fourth-order valence-corrected chi connectivity index (χ4v) is 17.9. The highest BCUT2D eigenvalue weighted by Gasteiger charge is 2.52. The molecule has 14 aromatic rings. The highest BCUT2D eigenvalue weighted by Crippen LogP contribution is 2.60. The number of aromatic nitrogens is 9. The number of imidazole rings is 1. The number of ether oxygens (including phenoxy) is 1. The van der Waals surface area contributed by atoms with E-state index in [2.05, 4.69) is 114 Å². The molecule has 4 aliphatic carbocycles. The lowest BCUT2D eigenvalue weighted by Crippen LogP contribution is -2.48. The summed E-state index contributed by atoms with van der Waals surface area (Å²) in [6.07, 6.45) is 21.7. The van der Waals surface area contributed by atoms with Crippen LogP contribution in [0.5, 0.6) is 34.5 Å². The number of carbonyl (C=O) groups is 5. The predicted molar refractivity (Wildman–Crippen MR) is 541 cm³/mol. The summed E-state index contributed by atoms with van der Waals surface area (Å²) in [4.78, 5) is 90.3. The van der Waals surface area contributed by atoms with Gasteiger partial charge in [0, 0.05) is 98.0 Å². The molecule has 9 N–H and O–H groups in total. The third-order valence-corrected chi connectivity index (χ3v) is 24.9. The van der Waals surface area contributed by atoms with Crippen molar-refractivity contribution in [2.45, 2.75) is 135 Å². The number of aromatic hydroxyl groups is 5. The Kier molecular flexibility index (Phi) is 33.3. The van der Waals surface area contributed by atoms with Crippen molar-refractivity contribution >= 4 is 110 Å². The summed E-state index contributed by atoms with van der Waals surface area (Å²) in [6.45, 7) is 22.2. The van der Waals surface area contributed by atoms with Crippen LogP contribution in [0.1, 0.15) is 202 Å². The number of Topliss-reactive ketones (excluding diaryl/α,β-unsaturated/α-hetero) is 4. The molecule has 0 aliphatic heterocycles. The quantitative estimate of drug-likeness (QED) is 0.00691. The monoisotopic (exact) mass is 1910 g/mol. The number of pyridine rings is 1. The molecule has 0 spiro atoms. The molecule has 0 unspecified atom stereocenters. The maximum atomic E-state index is 12.9. The standard InChI is InChI=1S/C26H27N3O2.C23H25N3O2.C21H18BrN3O2.C19H19N3O3S.C19H23N3O2/c30-23-6-5-19-3-1-2-4-20(19)21(23)14-27-15-24(31)22-10-25(29-28-22)26-11-16-7-17(12-26)9-18(8-16)13-26;1-16-10-11-17(20(27)12-16)14-24-15-21(28)19-13-22(23(2,3)4)25-26(19)18-8-6-5-7-9-18;1-14-6-7-15(8-16-4-2-3-5-20(16)26)9-17(14)12-24-25-21(27)18-10-19(22)13-23-11-18;1-2-25-17-9-5-6-13(18(17)24)10-20-11-14(23)12-26-19-21-15-7-3-4-8-16(15)22-19;1-5-7-13-8-6-9-14(18(13)24)11-20-12-16(23)15-10-17(22-21-15)19(2,3)4/h1-6,10,14,16-18,30H,7-9,11-13,15H2,(H,28,29);5-14,27H,15H2,1-4H3;2-7,9-13,26H,8H2,1H3,(H,25,27);3-10,24H,2,11-12H2,1H3,(H,21,22);5-6,8-11,24H,1,7,12H2,2-4H3,(H,21,22)/b;;24-12-;;. The first-order chi connectivity index (χ1) is 65.4. The van der Waals surface area contributed by atoms with Crippen LogP contribution in [-0.4, -0.2) is 169 Å². The highest BCUT2D eigenvalue weighted by molar-refractivity contribution is 9.10. The molecule has 1 amide bonds. The molecular weight excluding hydrogens is 1800 g/mol. The zero-order chi connectivity index (χ0) is 96.6. The average Bonchev–Trinajstić information content (AvgIpc) is 1.25. The number of amides is 1. The Labute approximate surface area is 803 Å². The second-order valence-electron chi connectivity index (χ2n) is 36.1. The average molecular weight is 1910 g/mol. The SMILES string of the molecule is C=CCc1cccc(C=NCC(=O)c2cc(C(C)(C)C)[nH]n2)c1O.CCOc1cccc(C=NCC(=O)CSc2nc3ccccc3[nH]2)c1O.Cc1ccc(C=NCC(=O)c2cc(C(C)(C)C)nn2-c2ccccc2)c(O)c1.Cc1ccc(Cc2ccccc2O)cc1/C=N\NC(=O)c1cncc(Br)c1.O=C(CN=Cc1c(O)ccc2ccccc12)c1cc(C23CC4CC(CC(C4)C2)C3)[nH]n1. The van der Waals surface area contributed by atoms with Crippen LogP contribution >= 0.6 is 27.7 Å². The molecule has 5 heterocycles. The molecule has 136 heavy (non-hydrogen) atoms. The first-order valence-corrected chi connectivity index (χ1v) is 46.8. The molecule has 0 saturated heterocycles. The minimum Gasteiger partial charge on any atom is -0.508 e. The number of carbonyl (C=O) groups excluding carboxylic acids is 5. The number of hydrogen-bond acceptors (Lipinski definition) is 22. The summed E-state index contributed by atoms with van der Waals surface area (Å²) in [5, 5.41) is 76.3. The fraction of sp³-hybridized carbons (Fsp3) is 0.269. The van der Waals surface area contributed by atoms with Crippen molar-refractivity contribution in [3.63, 3.8) is 0 Å². The van der Waals surface area contributed by atoms with Crippen molar-refractivity contribution in [2.75, 3.05) is 38.5 Å². The second-order valence-corrected chi connectivity index (χ2v) is 38.0. The molecule has 4 saturated carbocycles. The molecule has 4 fully saturated rings. The molecule has 28 heteroatoms. The molecule has 0 radical (unpaired) electrons. The first-order valence-electron chi connectivity index (χ1n) is 45.0. The molecule has 9 aromatic carbocycles. The number of phenolic OH excluding ortho intramolecular Hbond substituents is 5. The Morgan fingerprint density at radius 3 is 1.92 bits per heavy atom. The van der Waals surface area contributed by atoms with Crippen molar-refractivity contribution in [1.82, 2.24) is 50.6 Å². The van der Waals surface area contributed by atoms with Gasteiger partial charge in [-0.15, -0.1) is 6.58 Å². The van der Waals surface area contributed by atoms with Crippen molar-refractivity contribution < 1.29 is 54.2 Å². The van der Waals surface area contributed by atoms with Crippen LogP contribution in [0.4, 0.5) is 0 Å². The Morgan fingerprint density at radius 2 is 1.24 bits per heavy atom. The van der Waals surface area contributed by atoms with Gasteiger partial charge in [-0.05, 0) is 241 Å². The summed E-state index contributed by atoms with van der Waals surface area (Å²) in [5.41, 5.74) is 17.7. The summed E-state index contributed by atoms with van der Waals surface area (Å²) >= 11 is 4.64. The van der Waals surface area contributed by atoms with Crippen LogP contribution in [0.25, 0.3) is 27.5 Å². The van der Waals surface area contributed by atoms with E-state index in [1.807, 2.05) is 187 Å². The van der Waals surface area contributed by atoms with E-state index in [0.29, 0.717) is 75.3 Å². The lowest BCUT2D eigenvalue weighted by molar-refractivity contribution is -0.115. The van der Waals surface area contributed by atoms with Gasteiger partial charge in [-0.2, -0.15) is 20.4 Å². The largest absolute Gasteiger partial charge is 0.508 e. The lowest BCUT2D eigenvalue weighted by atomic mass is 9.49. The number of aromatic amines is 3. The Balaban J connectivity index is 0.000000144. The number of ketones is 4. The number of rotatable bonds is 29. The molecule has 4 aliphatic rings. The topological polar surface area (TPSA) is 386 Å². The fourth-order valence-electron chi connectivity index (χ4n) is 16.8. The number of benzene rings is 9. The third-order valence-electron chi connectivity index (χ3n) is 23.6. The first kappa shape index (κ1) is 98.9. The molecular formula is C108H112BrN15O11S. The van der Waals surface area contributed by atoms with Gasteiger partial charge in [0.2, 0.25) is 17.3 Å². The van der Waals surface area contributed by atoms with E-state index in [1.165, 1.54) is 75.1 Å². The lowest BCUT2D eigenvalue weighted by Gasteiger charge is -2.56. The van der Waals surface area contributed by atoms with Crippen molar-refractivity contribution in [3.05, 3.63) is 337 Å². The zero-order valence-corrected chi connectivity index (χ0v) is 80.0. The number of aliphatic imine (C=N–C) groups is 4. The molecule has 18 rings (SSSR count). The van der Waals surface area contributed by atoms with Gasteiger partial charge < -0.3 is 35.3 Å². The Hall–Kier alpha value is -14.6. The maximum Gasteiger partial charge on any atom is 0.272 e. The summed E-state index contributed by atoms with van der Waals surface area (Å²) < 4.78 is 7.74. The number of halogens is 1. The number of allylic oxidation sites excluding steroid dienone is 1. The molecule has 4 bridgehead atoms. The van der Waals surface area contributed by atoms with E-state index in [4.69, 9.17) is 4.74 Å². The number of para-hydroxylation sites is 6. The van der Waals surface area contributed by atoms with Gasteiger partial charge in [0.15, 0.2) is 22.4 Å². The van der Waals surface area contributed by atoms with Gasteiger partial charge in [-0.3, -0.25) is 59.1 Å². The van der Waals surface area contributed by atoms with E-state index in [0.717, 1.165) is 100 Å². The zero-order valence-electron chi connectivity index (χ0n) is 77.6. The van der Waals surface area contributed by atoms with Crippen LogP contribution in [-0.2, 0) is 33.9 Å². The van der Waals surface area contributed by atoms with Gasteiger partial charge >= 0.3 is 0 Å². The van der Waals surface area contributed by atoms with E-state index in [1.54, 1.807) is 96.1 Å². The van der Waals surface area contributed by atoms with Crippen molar-refractivity contribution in [2.24, 2.45) is 42.8 Å². The number of fused-ring (bicyclic) bond motifs is 2. The van der Waals surface area contributed by atoms with Gasteiger partial charge in [-0.1, -0.05) is 175 Å². The van der Waals surface area contributed by atoms with Gasteiger partial charge in [0.1, 0.15) is 59.7 Å². The van der Waals surface area contributed by atoms with Gasteiger partial charge in [0.05, 0.1) is 53.1 Å². The van der Waals surface area contributed by atoms with E-state index >= 15 is 0 Å². The number of nitrogens with zero attached hydrogens (tertiary/aromatic N) is 11. The summed E-state index contributed by atoms with van der Waals surface area (Å²) in [6, 6.07) is 65.2. The van der Waals surface area contributed by atoms with E-state index in [-0.39, 0.29) is 106 Å². The number of hydrogen-bond donors (Lipinski definition) is 9. The normalized spacial score (nSPS) is 15.5. The van der Waals surface area contributed by atoms with Crippen LogP contribution in [0.2, 0.25) is 0 Å². The molecule has 698 valence electrons. The number of nitrogens with one attached hydrogen (secondary N) is 4. The maximum absolute atomic E-state index is 12.9. The van der Waals surface area contributed by atoms with E-state index < -0.39 is 0 Å². The summed E-state index contributed by atoms with van der Waals surface area (Å²) in [5.74, 6) is 3.30. The third kappa shape index (κ3) is 26.5. The predicted octanol–water partition coefficient (Wildman–Crippen LogP) is 20.6. The molecule has 26 nitrogen and oxygen atoms in total. The van der Waals surface area contributed by atoms with Crippen LogP contribution in [0, 0.1) is 31.6 Å². The van der Waals surface area contributed by atoms with Crippen LogP contribution in [0.3, 0.4) is 0 Å². The minimum atomic E-state index is -0.330. The Morgan fingerprint density at radius 1 is 0.596 bits per heavy atom. The number of phenols is 5. The molecule has 0 atom stereocenters. The Bertz CT molecular complexity index is 6700. The van der Waals surface area contributed by atoms with E-state index in [9.17, 15) is 49.5 Å². The minimum absolute atomic E-state index is 0.0143. The smallest absolute Gasteiger partial charge is 0.272 e. The number of thioether (sulfide) groups is 1. The van der Waals surface area contributed by atoms with Gasteiger partial charge in [0.25, 0.3) is 5.91 Å². The van der Waals surface area contributed by atoms with Crippen molar-refractivity contribution in [1.29, 1.82) is 0 Å². The second kappa shape index (κ2) is 45.9. The van der Waals surface area contributed by atoms with Gasteiger partial charge in [-0.25, -0.2) is 15.1 Å². The number of hydrazone groups is 1. The summed E-state index contributed by atoms with van der Waals surface area (Å²) in [7, 11) is 0. The molecule has 5 aromatic heterocycles.